The average molecular weight is 414 g/mol. The summed E-state index contributed by atoms with van der Waals surface area (Å²) in [5.41, 5.74) is 2.80. The molecule has 5 nitrogen and oxygen atoms in total. The number of hydrogen-bond donors (Lipinski definition) is 2. The lowest BCUT2D eigenvalue weighted by Crippen LogP contribution is -2.21. The summed E-state index contributed by atoms with van der Waals surface area (Å²) >= 11 is 0. The van der Waals surface area contributed by atoms with E-state index in [1.165, 1.54) is 0 Å². The van der Waals surface area contributed by atoms with E-state index in [1.54, 1.807) is 60.7 Å². The van der Waals surface area contributed by atoms with E-state index in [-0.39, 0.29) is 12.2 Å². The maximum absolute atomic E-state index is 12.4. The normalized spacial score (nSPS) is 11.1. The average Bonchev–Trinajstić information content (AvgIpc) is 2.80. The number of ketones is 1. The number of hydrogen-bond acceptors (Lipinski definition) is 4. The molecule has 0 amide bonds. The van der Waals surface area contributed by atoms with Gasteiger partial charge in [-0.1, -0.05) is 54.3 Å². The van der Waals surface area contributed by atoms with Crippen molar-refractivity contribution in [2.24, 2.45) is 0 Å². The fourth-order valence-corrected chi connectivity index (χ4v) is 2.88. The minimum atomic E-state index is -1.40. The molecule has 0 spiro atoms. The molecule has 3 aromatic rings. The quantitative estimate of drug-likeness (QED) is 0.333. The van der Waals surface area contributed by atoms with Crippen molar-refractivity contribution in [3.05, 3.63) is 101 Å². The van der Waals surface area contributed by atoms with Gasteiger partial charge in [-0.25, -0.2) is 4.79 Å². The summed E-state index contributed by atoms with van der Waals surface area (Å²) in [7, 11) is 0. The van der Waals surface area contributed by atoms with E-state index in [9.17, 15) is 14.7 Å². The second-order valence-corrected chi connectivity index (χ2v) is 6.87. The molecule has 0 aromatic heterocycles. The molecule has 0 saturated carbocycles. The predicted octanol–water partition coefficient (Wildman–Crippen LogP) is 3.73. The first-order valence-corrected chi connectivity index (χ1v) is 9.84. The molecule has 2 N–H and O–H groups in total. The van der Waals surface area contributed by atoms with Crippen LogP contribution in [0.1, 0.15) is 33.5 Å². The third-order valence-corrected chi connectivity index (χ3v) is 4.55. The van der Waals surface area contributed by atoms with Crippen molar-refractivity contribution in [1.82, 2.24) is 0 Å². The Morgan fingerprint density at radius 2 is 1.52 bits per heavy atom. The highest BCUT2D eigenvalue weighted by Gasteiger charge is 2.13. The number of rotatable bonds is 8. The van der Waals surface area contributed by atoms with Crippen LogP contribution in [0.4, 0.5) is 0 Å². The fourth-order valence-electron chi connectivity index (χ4n) is 2.88. The maximum Gasteiger partial charge on any atom is 0.332 e. The minimum absolute atomic E-state index is 0.0264. The molecule has 0 bridgehead atoms. The lowest BCUT2D eigenvalue weighted by molar-refractivity contribution is -0.146. The van der Waals surface area contributed by atoms with Crippen LogP contribution in [0.25, 0.3) is 0 Å². The SMILES string of the molecule is O=C(c1ccccc1)c1ccc(OCCC#Cc2ccc(CC(O)C(=O)O)cc2)cc1. The van der Waals surface area contributed by atoms with Gasteiger partial charge in [0.2, 0.25) is 0 Å². The molecular weight excluding hydrogens is 392 g/mol. The maximum atomic E-state index is 12.4. The van der Waals surface area contributed by atoms with Crippen molar-refractivity contribution in [3.63, 3.8) is 0 Å². The minimum Gasteiger partial charge on any atom is -0.493 e. The Morgan fingerprint density at radius 1 is 0.871 bits per heavy atom. The largest absolute Gasteiger partial charge is 0.493 e. The Bertz CT molecular complexity index is 1070. The summed E-state index contributed by atoms with van der Waals surface area (Å²) in [6.07, 6.45) is -0.809. The van der Waals surface area contributed by atoms with E-state index in [4.69, 9.17) is 9.84 Å². The molecule has 0 heterocycles. The Balaban J connectivity index is 1.45. The van der Waals surface area contributed by atoms with Crippen LogP contribution in [0.3, 0.4) is 0 Å². The lowest BCUT2D eigenvalue weighted by Gasteiger charge is -2.06. The van der Waals surface area contributed by atoms with Crippen molar-refractivity contribution in [2.75, 3.05) is 6.61 Å². The van der Waals surface area contributed by atoms with Crippen LogP contribution in [0.2, 0.25) is 0 Å². The van der Waals surface area contributed by atoms with Gasteiger partial charge in [-0.3, -0.25) is 4.79 Å². The monoisotopic (exact) mass is 414 g/mol. The zero-order valence-electron chi connectivity index (χ0n) is 16.8. The molecule has 1 unspecified atom stereocenters. The van der Waals surface area contributed by atoms with Gasteiger partial charge >= 0.3 is 5.97 Å². The number of carboxylic acids is 1. The zero-order valence-corrected chi connectivity index (χ0v) is 16.8. The first-order chi connectivity index (χ1) is 15.0. The number of aliphatic carboxylic acids is 1. The molecule has 1 atom stereocenters. The zero-order chi connectivity index (χ0) is 22.1. The molecule has 0 saturated heterocycles. The van der Waals surface area contributed by atoms with E-state index >= 15 is 0 Å². The van der Waals surface area contributed by atoms with E-state index in [1.807, 2.05) is 18.2 Å². The van der Waals surface area contributed by atoms with Crippen LogP contribution in [-0.2, 0) is 11.2 Å². The summed E-state index contributed by atoms with van der Waals surface area (Å²) < 4.78 is 5.67. The van der Waals surface area contributed by atoms with Gasteiger partial charge in [0.1, 0.15) is 5.75 Å². The molecule has 0 aliphatic rings. The van der Waals surface area contributed by atoms with Crippen molar-refractivity contribution in [1.29, 1.82) is 0 Å². The van der Waals surface area contributed by atoms with Gasteiger partial charge in [0.15, 0.2) is 11.9 Å². The molecule has 3 aromatic carbocycles. The number of ether oxygens (including phenoxy) is 1. The predicted molar refractivity (Wildman–Crippen MR) is 117 cm³/mol. The first-order valence-electron chi connectivity index (χ1n) is 9.84. The topological polar surface area (TPSA) is 83.8 Å². The van der Waals surface area contributed by atoms with Crippen molar-refractivity contribution in [2.45, 2.75) is 18.9 Å². The highest BCUT2D eigenvalue weighted by Crippen LogP contribution is 2.15. The molecule has 5 heteroatoms. The van der Waals surface area contributed by atoms with Gasteiger partial charge in [0, 0.05) is 29.5 Å². The second kappa shape index (κ2) is 10.8. The summed E-state index contributed by atoms with van der Waals surface area (Å²) in [4.78, 5) is 23.1. The van der Waals surface area contributed by atoms with Crippen LogP contribution in [0.15, 0.2) is 78.9 Å². The molecular formula is C26H22O5. The van der Waals surface area contributed by atoms with E-state index in [0.717, 1.165) is 11.1 Å². The lowest BCUT2D eigenvalue weighted by atomic mass is 10.0. The third kappa shape index (κ3) is 6.56. The highest BCUT2D eigenvalue weighted by atomic mass is 16.5. The van der Waals surface area contributed by atoms with Gasteiger partial charge in [-0.2, -0.15) is 0 Å². The van der Waals surface area contributed by atoms with Gasteiger partial charge in [0.25, 0.3) is 0 Å². The standard InChI is InChI=1S/C26H22O5/c27-24(26(29)30)18-20-11-9-19(10-12-20)6-4-5-17-31-23-15-13-22(14-16-23)25(28)21-7-2-1-3-8-21/h1-3,7-16,24,27H,5,17-18H2,(H,29,30). The number of aliphatic hydroxyl groups is 1. The number of benzene rings is 3. The molecule has 31 heavy (non-hydrogen) atoms. The summed E-state index contributed by atoms with van der Waals surface area (Å²) in [6.45, 7) is 0.419. The van der Waals surface area contributed by atoms with Gasteiger partial charge < -0.3 is 14.9 Å². The van der Waals surface area contributed by atoms with Gasteiger partial charge in [-0.05, 0) is 42.0 Å². The Hall–Kier alpha value is -3.88. The summed E-state index contributed by atoms with van der Waals surface area (Å²) in [6, 6.07) is 23.3. The van der Waals surface area contributed by atoms with Crippen LogP contribution in [0.5, 0.6) is 5.75 Å². The van der Waals surface area contributed by atoms with Gasteiger partial charge in [0.05, 0.1) is 6.61 Å². The van der Waals surface area contributed by atoms with E-state index in [0.29, 0.717) is 29.9 Å². The molecule has 156 valence electrons. The van der Waals surface area contributed by atoms with Crippen molar-refractivity contribution < 1.29 is 24.5 Å². The van der Waals surface area contributed by atoms with E-state index < -0.39 is 12.1 Å². The first kappa shape index (κ1) is 21.8. The Labute approximate surface area is 180 Å². The second-order valence-electron chi connectivity index (χ2n) is 6.87. The molecule has 0 aliphatic heterocycles. The highest BCUT2D eigenvalue weighted by molar-refractivity contribution is 6.08. The van der Waals surface area contributed by atoms with Crippen LogP contribution in [-0.4, -0.2) is 34.7 Å². The summed E-state index contributed by atoms with van der Waals surface area (Å²) in [5.74, 6) is 5.46. The number of aliphatic hydroxyl groups excluding tert-OH is 1. The molecule has 0 aliphatic carbocycles. The van der Waals surface area contributed by atoms with Crippen LogP contribution >= 0.6 is 0 Å². The van der Waals surface area contributed by atoms with Crippen molar-refractivity contribution in [3.8, 4) is 17.6 Å². The van der Waals surface area contributed by atoms with Gasteiger partial charge in [-0.15, -0.1) is 0 Å². The smallest absolute Gasteiger partial charge is 0.332 e. The Kier molecular flexibility index (Phi) is 7.58. The number of carbonyl (C=O) groups is 2. The third-order valence-electron chi connectivity index (χ3n) is 4.55. The summed E-state index contributed by atoms with van der Waals surface area (Å²) in [5, 5.41) is 18.1. The number of carbonyl (C=O) groups excluding carboxylic acids is 1. The van der Waals surface area contributed by atoms with Crippen LogP contribution < -0.4 is 4.74 Å². The van der Waals surface area contributed by atoms with Crippen molar-refractivity contribution >= 4 is 11.8 Å². The molecule has 3 rings (SSSR count). The van der Waals surface area contributed by atoms with Crippen LogP contribution in [0, 0.1) is 11.8 Å². The van der Waals surface area contributed by atoms with E-state index in [2.05, 4.69) is 11.8 Å². The molecule has 0 fully saturated rings. The fraction of sp³-hybridized carbons (Fsp3) is 0.154. The molecule has 0 radical (unpaired) electrons. The Morgan fingerprint density at radius 3 is 2.16 bits per heavy atom. The number of carboxylic acid groups (broad SMARTS) is 1.